The summed E-state index contributed by atoms with van der Waals surface area (Å²) in [5.74, 6) is 0. The second kappa shape index (κ2) is 12.2. The highest BCUT2D eigenvalue weighted by Gasteiger charge is 2.11. The third kappa shape index (κ3) is 5.77. The predicted octanol–water partition coefficient (Wildman–Crippen LogP) is 11.7. The number of hydrogen-bond donors (Lipinski definition) is 0. The molecule has 44 heavy (non-hydrogen) atoms. The summed E-state index contributed by atoms with van der Waals surface area (Å²) in [4.78, 5) is 5.18. The zero-order valence-electron chi connectivity index (χ0n) is 24.4. The molecule has 0 saturated carbocycles. The van der Waals surface area contributed by atoms with Gasteiger partial charge in [0.05, 0.1) is 11.4 Å². The predicted molar refractivity (Wildman–Crippen MR) is 187 cm³/mol. The van der Waals surface area contributed by atoms with Crippen molar-refractivity contribution >= 4 is 6.08 Å². The van der Waals surface area contributed by atoms with Crippen molar-refractivity contribution in [2.24, 2.45) is 0 Å². The minimum Gasteiger partial charge on any atom is -0.248 e. The highest BCUT2D eigenvalue weighted by Crippen LogP contribution is 2.33. The van der Waals surface area contributed by atoms with E-state index in [0.29, 0.717) is 0 Å². The van der Waals surface area contributed by atoms with Crippen molar-refractivity contribution in [3.63, 3.8) is 0 Å². The smallest absolute Gasteiger partial charge is 0.0715 e. The van der Waals surface area contributed by atoms with E-state index in [1.54, 1.807) is 0 Å². The maximum absolute atomic E-state index is 5.18. The van der Waals surface area contributed by atoms with Crippen molar-refractivity contribution in [3.05, 3.63) is 182 Å². The topological polar surface area (TPSA) is 12.9 Å². The lowest BCUT2D eigenvalue weighted by Gasteiger charge is -2.12. The molecule has 0 radical (unpaired) electrons. The van der Waals surface area contributed by atoms with Crippen molar-refractivity contribution in [3.8, 4) is 67.0 Å². The van der Waals surface area contributed by atoms with Gasteiger partial charge in [-0.25, -0.2) is 4.98 Å². The molecule has 0 aliphatic carbocycles. The minimum absolute atomic E-state index is 0.952. The first-order valence-corrected chi connectivity index (χ1v) is 14.9. The Morgan fingerprint density at radius 1 is 0.318 bits per heavy atom. The summed E-state index contributed by atoms with van der Waals surface area (Å²) < 4.78 is 0. The van der Waals surface area contributed by atoms with E-state index in [1.807, 2.05) is 18.2 Å². The van der Waals surface area contributed by atoms with Gasteiger partial charge in [-0.3, -0.25) is 0 Å². The van der Waals surface area contributed by atoms with Crippen LogP contribution in [-0.4, -0.2) is 4.98 Å². The monoisotopic (exact) mass is 561 g/mol. The van der Waals surface area contributed by atoms with E-state index >= 15 is 0 Å². The number of hydrogen-bond acceptors (Lipinski definition) is 1. The summed E-state index contributed by atoms with van der Waals surface area (Å²) in [6, 6.07) is 60.1. The van der Waals surface area contributed by atoms with Gasteiger partial charge in [-0.05, 0) is 62.2 Å². The Morgan fingerprint density at radius 2 is 0.614 bits per heavy atom. The highest BCUT2D eigenvalue weighted by atomic mass is 14.7. The molecule has 0 atom stereocenters. The van der Waals surface area contributed by atoms with Crippen LogP contribution in [0.15, 0.2) is 176 Å². The normalized spacial score (nSPS) is 10.8. The molecular weight excluding hydrogens is 530 g/mol. The van der Waals surface area contributed by atoms with E-state index in [4.69, 9.17) is 4.98 Å². The number of nitrogens with zero attached hydrogens (tertiary/aromatic N) is 1. The van der Waals surface area contributed by atoms with Crippen LogP contribution in [0.5, 0.6) is 0 Å². The number of pyridine rings is 1. The van der Waals surface area contributed by atoms with E-state index in [2.05, 4.69) is 164 Å². The fourth-order valence-electron chi connectivity index (χ4n) is 5.59. The van der Waals surface area contributed by atoms with Crippen LogP contribution in [0.2, 0.25) is 0 Å². The molecule has 208 valence electrons. The molecule has 1 heterocycles. The Bertz CT molecular complexity index is 1900. The average molecular weight is 562 g/mol. The van der Waals surface area contributed by atoms with Gasteiger partial charge in [0.25, 0.3) is 0 Å². The van der Waals surface area contributed by atoms with Crippen molar-refractivity contribution in [1.82, 2.24) is 4.98 Å². The lowest BCUT2D eigenvalue weighted by molar-refractivity contribution is 1.32. The summed E-state index contributed by atoms with van der Waals surface area (Å²) >= 11 is 0. The zero-order valence-corrected chi connectivity index (χ0v) is 24.4. The Balaban J connectivity index is 1.27. The summed E-state index contributed by atoms with van der Waals surface area (Å²) in [6.07, 6.45) is 1.87. The maximum Gasteiger partial charge on any atom is 0.0715 e. The molecular formula is C43H31N. The fraction of sp³-hybridized carbons (Fsp3) is 0. The minimum atomic E-state index is 0.952. The maximum atomic E-state index is 5.18. The van der Waals surface area contributed by atoms with Gasteiger partial charge in [0.2, 0.25) is 0 Å². The molecule has 7 aromatic rings. The van der Waals surface area contributed by atoms with Gasteiger partial charge in [0.1, 0.15) is 0 Å². The molecule has 0 spiro atoms. The van der Waals surface area contributed by atoms with Crippen LogP contribution < -0.4 is 0 Å². The molecule has 0 fully saturated rings. The summed E-state index contributed by atoms with van der Waals surface area (Å²) in [6.45, 7) is 3.87. The summed E-state index contributed by atoms with van der Waals surface area (Å²) in [5.41, 5.74) is 14.7. The molecule has 7 rings (SSSR count). The van der Waals surface area contributed by atoms with E-state index < -0.39 is 0 Å². The lowest BCUT2D eigenvalue weighted by atomic mass is 9.96. The molecule has 0 amide bonds. The van der Waals surface area contributed by atoms with Gasteiger partial charge in [0.15, 0.2) is 0 Å². The summed E-state index contributed by atoms with van der Waals surface area (Å²) in [5, 5.41) is 0. The van der Waals surface area contributed by atoms with Crippen molar-refractivity contribution in [2.45, 2.75) is 0 Å². The van der Waals surface area contributed by atoms with Crippen molar-refractivity contribution in [1.29, 1.82) is 0 Å². The van der Waals surface area contributed by atoms with Crippen LogP contribution in [0.25, 0.3) is 73.1 Å². The van der Waals surface area contributed by atoms with Crippen LogP contribution in [-0.2, 0) is 0 Å². The molecule has 0 unspecified atom stereocenters. The van der Waals surface area contributed by atoms with Crippen LogP contribution in [0, 0.1) is 0 Å². The Labute approximate surface area is 259 Å². The zero-order chi connectivity index (χ0) is 29.7. The van der Waals surface area contributed by atoms with Gasteiger partial charge in [-0.15, -0.1) is 0 Å². The molecule has 0 bridgehead atoms. The molecule has 1 nitrogen and oxygen atoms in total. The van der Waals surface area contributed by atoms with E-state index in [0.717, 1.165) is 39.2 Å². The third-order valence-electron chi connectivity index (χ3n) is 8.10. The Morgan fingerprint density at radius 3 is 0.977 bits per heavy atom. The second-order valence-corrected chi connectivity index (χ2v) is 10.9. The van der Waals surface area contributed by atoms with Gasteiger partial charge in [-0.1, -0.05) is 170 Å². The number of rotatable bonds is 7. The number of benzene rings is 6. The molecule has 0 saturated heterocycles. The molecule has 0 aliphatic heterocycles. The largest absolute Gasteiger partial charge is 0.248 e. The fourth-order valence-corrected chi connectivity index (χ4v) is 5.59. The summed E-state index contributed by atoms with van der Waals surface area (Å²) in [7, 11) is 0. The first kappa shape index (κ1) is 27.1. The molecule has 0 N–H and O–H groups in total. The second-order valence-electron chi connectivity index (χ2n) is 10.9. The lowest BCUT2D eigenvalue weighted by Crippen LogP contribution is -1.92. The molecule has 6 aromatic carbocycles. The first-order valence-electron chi connectivity index (χ1n) is 14.9. The van der Waals surface area contributed by atoms with Crippen molar-refractivity contribution < 1.29 is 0 Å². The van der Waals surface area contributed by atoms with Gasteiger partial charge < -0.3 is 0 Å². The Hall–Kier alpha value is -5.79. The van der Waals surface area contributed by atoms with Gasteiger partial charge in [-0.2, -0.15) is 0 Å². The van der Waals surface area contributed by atoms with Gasteiger partial charge >= 0.3 is 0 Å². The van der Waals surface area contributed by atoms with Crippen LogP contribution >= 0.6 is 0 Å². The van der Waals surface area contributed by atoms with Crippen LogP contribution in [0.4, 0.5) is 0 Å². The molecule has 1 aromatic heterocycles. The SMILES string of the molecule is C=Cc1ccc(-c2ccc(-c3cc(-c4ccc(-c5ccccc5)cc4)nc(-c4ccc(-c5ccccc5)cc4)c3)cc2)cc1. The van der Waals surface area contributed by atoms with E-state index in [-0.39, 0.29) is 0 Å². The quantitative estimate of drug-likeness (QED) is 0.189. The number of aromatic nitrogens is 1. The molecule has 0 aliphatic rings. The first-order chi connectivity index (χ1) is 21.7. The van der Waals surface area contributed by atoms with E-state index in [9.17, 15) is 0 Å². The van der Waals surface area contributed by atoms with Gasteiger partial charge in [0, 0.05) is 11.1 Å². The van der Waals surface area contributed by atoms with Crippen LogP contribution in [0.3, 0.4) is 0 Å². The average Bonchev–Trinajstić information content (AvgIpc) is 3.12. The third-order valence-corrected chi connectivity index (χ3v) is 8.10. The Kier molecular flexibility index (Phi) is 7.51. The highest BCUT2D eigenvalue weighted by molar-refractivity contribution is 5.80. The standard InChI is InChI=1S/C43H31N/c1-2-31-13-15-34(16-14-31)37-17-19-38(20-18-37)41-29-42(39-25-21-35(22-26-39)32-9-5-3-6-10-32)44-43(30-41)40-27-23-36(24-28-40)33-11-7-4-8-12-33/h2-30H,1H2. The van der Waals surface area contributed by atoms with E-state index in [1.165, 1.54) is 33.4 Å². The van der Waals surface area contributed by atoms with Crippen molar-refractivity contribution in [2.75, 3.05) is 0 Å². The molecule has 1 heteroatoms. The van der Waals surface area contributed by atoms with Crippen LogP contribution in [0.1, 0.15) is 5.56 Å².